The zero-order valence-electron chi connectivity index (χ0n) is 13.2. The third-order valence-electron chi connectivity index (χ3n) is 3.58. The van der Waals surface area contributed by atoms with Crippen LogP contribution in [0.5, 0.6) is 0 Å². The van der Waals surface area contributed by atoms with E-state index in [9.17, 15) is 0 Å². The maximum Gasteiger partial charge on any atom is 0.170 e. The molecule has 0 aliphatic rings. The predicted molar refractivity (Wildman–Crippen MR) is 98.4 cm³/mol. The number of halogens is 1. The topological polar surface area (TPSA) is 24.1 Å². The molecule has 118 valence electrons. The Morgan fingerprint density at radius 3 is 2.48 bits per heavy atom. The van der Waals surface area contributed by atoms with E-state index in [1.54, 1.807) is 0 Å². The van der Waals surface area contributed by atoms with Crippen LogP contribution in [-0.2, 0) is 0 Å². The molecule has 0 aliphatic heterocycles. The summed E-state index contributed by atoms with van der Waals surface area (Å²) in [5.74, 6) is 0. The lowest BCUT2D eigenvalue weighted by atomic mass is 10.1. The van der Waals surface area contributed by atoms with Crippen LogP contribution in [0.15, 0.2) is 18.2 Å². The van der Waals surface area contributed by atoms with Crippen LogP contribution in [0.3, 0.4) is 0 Å². The van der Waals surface area contributed by atoms with Gasteiger partial charge in [-0.2, -0.15) is 0 Å². The van der Waals surface area contributed by atoms with Crippen molar-refractivity contribution in [2.24, 2.45) is 0 Å². The Balaban J connectivity index is 2.13. The SMILES string of the molecule is CCCCCCCCCNC(=S)Nc1cccc(Cl)c1C. The van der Waals surface area contributed by atoms with E-state index in [0.717, 1.165) is 22.8 Å². The third kappa shape index (κ3) is 7.68. The second-order valence-electron chi connectivity index (χ2n) is 5.41. The van der Waals surface area contributed by atoms with Gasteiger partial charge in [0.15, 0.2) is 5.11 Å². The van der Waals surface area contributed by atoms with E-state index in [1.807, 2.05) is 25.1 Å². The van der Waals surface area contributed by atoms with Crippen molar-refractivity contribution >= 4 is 34.6 Å². The van der Waals surface area contributed by atoms with Crippen LogP contribution < -0.4 is 10.6 Å². The van der Waals surface area contributed by atoms with E-state index in [0.29, 0.717) is 5.11 Å². The number of rotatable bonds is 9. The van der Waals surface area contributed by atoms with Gasteiger partial charge < -0.3 is 10.6 Å². The summed E-state index contributed by atoms with van der Waals surface area (Å²) in [6, 6.07) is 5.80. The van der Waals surface area contributed by atoms with Crippen molar-refractivity contribution in [3.05, 3.63) is 28.8 Å². The molecule has 4 heteroatoms. The summed E-state index contributed by atoms with van der Waals surface area (Å²) in [6.07, 6.45) is 9.18. The van der Waals surface area contributed by atoms with E-state index in [-0.39, 0.29) is 0 Å². The molecule has 2 N–H and O–H groups in total. The highest BCUT2D eigenvalue weighted by molar-refractivity contribution is 7.80. The molecule has 0 saturated carbocycles. The standard InChI is InChI=1S/C17H27ClN2S/c1-3-4-5-6-7-8-9-13-19-17(21)20-16-12-10-11-15(18)14(16)2/h10-12H,3-9,13H2,1-2H3,(H2,19,20,21). The van der Waals surface area contributed by atoms with Gasteiger partial charge >= 0.3 is 0 Å². The van der Waals surface area contributed by atoms with Crippen molar-refractivity contribution in [2.45, 2.75) is 58.8 Å². The first kappa shape index (κ1) is 18.2. The van der Waals surface area contributed by atoms with Crippen LogP contribution in [0, 0.1) is 6.92 Å². The average Bonchev–Trinajstić information content (AvgIpc) is 2.47. The Bertz CT molecular complexity index is 435. The lowest BCUT2D eigenvalue weighted by Gasteiger charge is -2.13. The lowest BCUT2D eigenvalue weighted by molar-refractivity contribution is 0.586. The summed E-state index contributed by atoms with van der Waals surface area (Å²) < 4.78 is 0. The minimum absolute atomic E-state index is 0.673. The van der Waals surface area contributed by atoms with Crippen molar-refractivity contribution < 1.29 is 0 Å². The van der Waals surface area contributed by atoms with Gasteiger partial charge in [-0.3, -0.25) is 0 Å². The summed E-state index contributed by atoms with van der Waals surface area (Å²) in [5.41, 5.74) is 2.00. The largest absolute Gasteiger partial charge is 0.362 e. The van der Waals surface area contributed by atoms with E-state index < -0.39 is 0 Å². The van der Waals surface area contributed by atoms with Gasteiger partial charge in [0, 0.05) is 17.3 Å². The highest BCUT2D eigenvalue weighted by atomic mass is 35.5. The number of nitrogens with one attached hydrogen (secondary N) is 2. The number of benzene rings is 1. The van der Waals surface area contributed by atoms with Crippen molar-refractivity contribution in [3.8, 4) is 0 Å². The molecular weight excluding hydrogens is 300 g/mol. The van der Waals surface area contributed by atoms with Crippen LogP contribution in [-0.4, -0.2) is 11.7 Å². The third-order valence-corrected chi connectivity index (χ3v) is 4.24. The van der Waals surface area contributed by atoms with Crippen LogP contribution in [0.4, 0.5) is 5.69 Å². The highest BCUT2D eigenvalue weighted by Crippen LogP contribution is 2.22. The second-order valence-corrected chi connectivity index (χ2v) is 6.23. The van der Waals surface area contributed by atoms with E-state index in [1.165, 1.54) is 44.9 Å². The number of hydrogen-bond donors (Lipinski definition) is 2. The van der Waals surface area contributed by atoms with Crippen LogP contribution >= 0.6 is 23.8 Å². The normalized spacial score (nSPS) is 10.4. The van der Waals surface area contributed by atoms with Gasteiger partial charge in [-0.05, 0) is 43.3 Å². The first-order chi connectivity index (χ1) is 10.1. The molecule has 0 heterocycles. The van der Waals surface area contributed by atoms with E-state index in [4.69, 9.17) is 23.8 Å². The monoisotopic (exact) mass is 326 g/mol. The smallest absolute Gasteiger partial charge is 0.170 e. The van der Waals surface area contributed by atoms with Gasteiger partial charge in [-0.25, -0.2) is 0 Å². The Morgan fingerprint density at radius 1 is 1.10 bits per heavy atom. The maximum absolute atomic E-state index is 6.09. The molecule has 21 heavy (non-hydrogen) atoms. The number of unbranched alkanes of at least 4 members (excludes halogenated alkanes) is 6. The molecule has 2 nitrogen and oxygen atoms in total. The van der Waals surface area contributed by atoms with E-state index >= 15 is 0 Å². The van der Waals surface area contributed by atoms with Gasteiger partial charge in [0.25, 0.3) is 0 Å². The first-order valence-corrected chi connectivity index (χ1v) is 8.73. The molecular formula is C17H27ClN2S. The zero-order valence-corrected chi connectivity index (χ0v) is 14.7. The number of anilines is 1. The van der Waals surface area contributed by atoms with Crippen molar-refractivity contribution in [3.63, 3.8) is 0 Å². The summed E-state index contributed by atoms with van der Waals surface area (Å²) >= 11 is 11.4. The molecule has 0 fully saturated rings. The van der Waals surface area contributed by atoms with Gasteiger partial charge in [0.2, 0.25) is 0 Å². The van der Waals surface area contributed by atoms with Gasteiger partial charge in [0.05, 0.1) is 0 Å². The fourth-order valence-electron chi connectivity index (χ4n) is 2.19. The molecule has 0 aromatic heterocycles. The van der Waals surface area contributed by atoms with Gasteiger partial charge in [-0.15, -0.1) is 0 Å². The maximum atomic E-state index is 6.09. The molecule has 0 atom stereocenters. The second kappa shape index (κ2) is 10.9. The summed E-state index contributed by atoms with van der Waals surface area (Å²) in [5, 5.41) is 7.89. The van der Waals surface area contributed by atoms with E-state index in [2.05, 4.69) is 17.6 Å². The lowest BCUT2D eigenvalue weighted by Crippen LogP contribution is -2.29. The van der Waals surface area contributed by atoms with Crippen LogP contribution in [0.2, 0.25) is 5.02 Å². The molecule has 1 aromatic rings. The molecule has 1 rings (SSSR count). The molecule has 0 bridgehead atoms. The van der Waals surface area contributed by atoms with Crippen LogP contribution in [0.25, 0.3) is 0 Å². The Morgan fingerprint density at radius 2 is 1.76 bits per heavy atom. The number of thiocarbonyl (C=S) groups is 1. The predicted octanol–water partition coefficient (Wildman–Crippen LogP) is 5.69. The Kier molecular flexibility index (Phi) is 9.44. The minimum atomic E-state index is 0.673. The Labute approximate surface area is 139 Å². The van der Waals surface area contributed by atoms with Gasteiger partial charge in [0.1, 0.15) is 0 Å². The van der Waals surface area contributed by atoms with Crippen LogP contribution in [0.1, 0.15) is 57.4 Å². The number of hydrogen-bond acceptors (Lipinski definition) is 1. The molecule has 0 unspecified atom stereocenters. The molecule has 0 spiro atoms. The quantitative estimate of drug-likeness (QED) is 0.450. The molecule has 1 aromatic carbocycles. The molecule has 0 radical (unpaired) electrons. The zero-order chi connectivity index (χ0) is 15.5. The summed E-state index contributed by atoms with van der Waals surface area (Å²) in [7, 11) is 0. The molecule has 0 aliphatic carbocycles. The fourth-order valence-corrected chi connectivity index (χ4v) is 2.58. The fraction of sp³-hybridized carbons (Fsp3) is 0.588. The molecule has 0 amide bonds. The summed E-state index contributed by atoms with van der Waals surface area (Å²) in [4.78, 5) is 0. The van der Waals surface area contributed by atoms with Gasteiger partial charge in [-0.1, -0.05) is 63.1 Å². The first-order valence-electron chi connectivity index (χ1n) is 7.95. The van der Waals surface area contributed by atoms with Crippen molar-refractivity contribution in [1.29, 1.82) is 0 Å². The van der Waals surface area contributed by atoms with Crippen molar-refractivity contribution in [2.75, 3.05) is 11.9 Å². The highest BCUT2D eigenvalue weighted by Gasteiger charge is 2.03. The minimum Gasteiger partial charge on any atom is -0.362 e. The summed E-state index contributed by atoms with van der Waals surface area (Å²) in [6.45, 7) is 5.17. The average molecular weight is 327 g/mol. The molecule has 0 saturated heterocycles. The van der Waals surface area contributed by atoms with Crippen molar-refractivity contribution in [1.82, 2.24) is 5.32 Å². The Hall–Kier alpha value is -0.800.